The van der Waals surface area contributed by atoms with Crippen molar-refractivity contribution >= 4 is 55.1 Å². The molecule has 10 heteroatoms. The van der Waals surface area contributed by atoms with Crippen LogP contribution in [-0.2, 0) is 26.2 Å². The summed E-state index contributed by atoms with van der Waals surface area (Å²) in [7, 11) is -4.11. The Morgan fingerprint density at radius 2 is 1.59 bits per heavy atom. The van der Waals surface area contributed by atoms with E-state index in [0.717, 1.165) is 45.6 Å². The van der Waals surface area contributed by atoms with Crippen LogP contribution in [0.5, 0.6) is 0 Å². The smallest absolute Gasteiger partial charge is 0.264 e. The molecule has 4 rings (SSSR count). The first-order chi connectivity index (χ1) is 19.6. The molecule has 1 atom stereocenters. The summed E-state index contributed by atoms with van der Waals surface area (Å²) < 4.78 is 29.8. The summed E-state index contributed by atoms with van der Waals surface area (Å²) in [6.07, 6.45) is 4.34. The Hall–Kier alpha value is -2.88. The molecule has 1 N–H and O–H groups in total. The minimum Gasteiger partial charge on any atom is -0.352 e. The number of hydrogen-bond donors (Lipinski definition) is 1. The first-order valence-corrected chi connectivity index (χ1v) is 16.4. The van der Waals surface area contributed by atoms with E-state index < -0.39 is 28.5 Å². The Bertz CT molecular complexity index is 1440. The molecule has 1 aliphatic carbocycles. The van der Waals surface area contributed by atoms with Gasteiger partial charge in [-0.1, -0.05) is 77.1 Å². The van der Waals surface area contributed by atoms with Gasteiger partial charge in [-0.3, -0.25) is 13.9 Å². The van der Waals surface area contributed by atoms with Crippen molar-refractivity contribution in [1.82, 2.24) is 10.2 Å². The molecule has 0 bridgehead atoms. The molecule has 3 aromatic carbocycles. The molecule has 41 heavy (non-hydrogen) atoms. The molecule has 1 fully saturated rings. The van der Waals surface area contributed by atoms with Crippen LogP contribution in [0.1, 0.15) is 50.2 Å². The van der Waals surface area contributed by atoms with E-state index in [2.05, 4.69) is 21.2 Å². The maximum Gasteiger partial charge on any atom is 0.264 e. The van der Waals surface area contributed by atoms with Gasteiger partial charge in [-0.15, -0.1) is 0 Å². The first-order valence-electron chi connectivity index (χ1n) is 13.8. The molecule has 0 aliphatic heterocycles. The molecule has 1 unspecified atom stereocenters. The second-order valence-corrected chi connectivity index (χ2v) is 13.6. The number of rotatable bonds is 11. The summed E-state index contributed by atoms with van der Waals surface area (Å²) in [6.45, 7) is 3.39. The Balaban J connectivity index is 1.70. The normalized spacial score (nSPS) is 14.4. The number of benzene rings is 3. The highest BCUT2D eigenvalue weighted by Gasteiger charge is 2.34. The number of aryl methyl sites for hydroxylation is 1. The van der Waals surface area contributed by atoms with Gasteiger partial charge in [0.05, 0.1) is 10.6 Å². The van der Waals surface area contributed by atoms with Gasteiger partial charge in [0.15, 0.2) is 0 Å². The van der Waals surface area contributed by atoms with Crippen molar-refractivity contribution in [3.05, 3.63) is 93.4 Å². The zero-order valence-electron chi connectivity index (χ0n) is 23.2. The van der Waals surface area contributed by atoms with E-state index in [-0.39, 0.29) is 23.4 Å². The minimum absolute atomic E-state index is 0.0779. The van der Waals surface area contributed by atoms with Gasteiger partial charge in [0.25, 0.3) is 10.0 Å². The summed E-state index contributed by atoms with van der Waals surface area (Å²) in [5.74, 6) is -0.703. The van der Waals surface area contributed by atoms with E-state index in [1.165, 1.54) is 17.0 Å². The maximum atomic E-state index is 14.1. The molecule has 0 radical (unpaired) electrons. The standard InChI is InChI=1S/C31H35BrClN3O4S/c1-3-29(31(38)34-26-6-4-5-7-26)35(20-23-10-14-25(33)15-11-23)30(37)21-36(27-16-12-24(32)13-17-27)41(39,40)28-18-8-22(2)9-19-28/h8-19,26,29H,3-7,20-21H2,1-2H3,(H,34,38). The fourth-order valence-corrected chi connectivity index (χ4v) is 6.85. The average Bonchev–Trinajstić information content (AvgIpc) is 3.46. The molecule has 3 aromatic rings. The van der Waals surface area contributed by atoms with Gasteiger partial charge in [0, 0.05) is 22.1 Å². The fraction of sp³-hybridized carbons (Fsp3) is 0.355. The van der Waals surface area contributed by atoms with Crippen molar-refractivity contribution in [2.24, 2.45) is 0 Å². The third-order valence-electron chi connectivity index (χ3n) is 7.36. The van der Waals surface area contributed by atoms with Gasteiger partial charge in [-0.2, -0.15) is 0 Å². The third-order valence-corrected chi connectivity index (χ3v) is 9.92. The second kappa shape index (κ2) is 13.9. The molecular weight excluding hydrogens is 626 g/mol. The highest BCUT2D eigenvalue weighted by Crippen LogP contribution is 2.27. The topological polar surface area (TPSA) is 86.8 Å². The van der Waals surface area contributed by atoms with Gasteiger partial charge < -0.3 is 10.2 Å². The monoisotopic (exact) mass is 659 g/mol. The largest absolute Gasteiger partial charge is 0.352 e. The Kier molecular flexibility index (Phi) is 10.5. The van der Waals surface area contributed by atoms with Crippen LogP contribution in [0.3, 0.4) is 0 Å². The van der Waals surface area contributed by atoms with Gasteiger partial charge in [0.1, 0.15) is 12.6 Å². The zero-order chi connectivity index (χ0) is 29.6. The number of halogens is 2. The van der Waals surface area contributed by atoms with Gasteiger partial charge in [-0.25, -0.2) is 8.42 Å². The minimum atomic E-state index is -4.11. The van der Waals surface area contributed by atoms with Crippen molar-refractivity contribution in [3.63, 3.8) is 0 Å². The summed E-state index contributed by atoms with van der Waals surface area (Å²) >= 11 is 9.49. The lowest BCUT2D eigenvalue weighted by Crippen LogP contribution is -2.53. The molecule has 7 nitrogen and oxygen atoms in total. The summed E-state index contributed by atoms with van der Waals surface area (Å²) in [5.41, 5.74) is 2.05. The predicted octanol–water partition coefficient (Wildman–Crippen LogP) is 6.47. The Labute approximate surface area is 256 Å². The van der Waals surface area contributed by atoms with Crippen LogP contribution in [0.4, 0.5) is 5.69 Å². The van der Waals surface area contributed by atoms with Crippen LogP contribution in [0.25, 0.3) is 0 Å². The molecule has 0 spiro atoms. The van der Waals surface area contributed by atoms with Crippen molar-refractivity contribution in [2.45, 2.75) is 69.5 Å². The number of carbonyl (C=O) groups excluding carboxylic acids is 2. The lowest BCUT2D eigenvalue weighted by molar-refractivity contribution is -0.140. The zero-order valence-corrected chi connectivity index (χ0v) is 26.4. The Morgan fingerprint density at radius 1 is 0.976 bits per heavy atom. The molecule has 2 amide bonds. The van der Waals surface area contributed by atoms with Crippen molar-refractivity contribution in [2.75, 3.05) is 10.8 Å². The van der Waals surface area contributed by atoms with E-state index in [9.17, 15) is 18.0 Å². The van der Waals surface area contributed by atoms with Crippen LogP contribution >= 0.6 is 27.5 Å². The van der Waals surface area contributed by atoms with E-state index in [0.29, 0.717) is 17.1 Å². The predicted molar refractivity (Wildman–Crippen MR) is 166 cm³/mol. The van der Waals surface area contributed by atoms with Crippen molar-refractivity contribution in [1.29, 1.82) is 0 Å². The number of nitrogens with one attached hydrogen (secondary N) is 1. The lowest BCUT2D eigenvalue weighted by Gasteiger charge is -2.33. The number of hydrogen-bond acceptors (Lipinski definition) is 4. The van der Waals surface area contributed by atoms with Crippen LogP contribution in [0.15, 0.2) is 82.2 Å². The third kappa shape index (κ3) is 7.90. The van der Waals surface area contributed by atoms with Crippen LogP contribution in [0.2, 0.25) is 5.02 Å². The molecule has 1 aliphatic rings. The van der Waals surface area contributed by atoms with Gasteiger partial charge in [0.2, 0.25) is 11.8 Å². The molecule has 0 heterocycles. The Morgan fingerprint density at radius 3 is 2.17 bits per heavy atom. The highest BCUT2D eigenvalue weighted by molar-refractivity contribution is 9.10. The molecular formula is C31H35BrClN3O4S. The molecule has 0 saturated heterocycles. The van der Waals surface area contributed by atoms with Gasteiger partial charge >= 0.3 is 0 Å². The number of sulfonamides is 1. The fourth-order valence-electron chi connectivity index (χ4n) is 5.05. The number of amides is 2. The summed E-state index contributed by atoms with van der Waals surface area (Å²) in [6, 6.07) is 19.7. The highest BCUT2D eigenvalue weighted by atomic mass is 79.9. The van der Waals surface area contributed by atoms with Crippen molar-refractivity contribution < 1.29 is 18.0 Å². The second-order valence-electron chi connectivity index (χ2n) is 10.4. The average molecular weight is 661 g/mol. The van der Waals surface area contributed by atoms with E-state index in [1.54, 1.807) is 60.7 Å². The first kappa shape index (κ1) is 31.1. The summed E-state index contributed by atoms with van der Waals surface area (Å²) in [5, 5.41) is 3.68. The van der Waals surface area contributed by atoms with Crippen LogP contribution < -0.4 is 9.62 Å². The van der Waals surface area contributed by atoms with E-state index >= 15 is 0 Å². The quantitative estimate of drug-likeness (QED) is 0.255. The lowest BCUT2D eigenvalue weighted by atomic mass is 10.1. The number of anilines is 1. The number of nitrogens with zero attached hydrogens (tertiary/aromatic N) is 2. The molecule has 0 aromatic heterocycles. The maximum absolute atomic E-state index is 14.1. The molecule has 218 valence electrons. The van der Waals surface area contributed by atoms with Crippen LogP contribution in [-0.4, -0.2) is 43.8 Å². The van der Waals surface area contributed by atoms with Crippen LogP contribution in [0, 0.1) is 6.92 Å². The van der Waals surface area contributed by atoms with E-state index in [4.69, 9.17) is 11.6 Å². The van der Waals surface area contributed by atoms with E-state index in [1.807, 2.05) is 13.8 Å². The molecule has 1 saturated carbocycles. The summed E-state index contributed by atoms with van der Waals surface area (Å²) in [4.78, 5) is 29.2. The van der Waals surface area contributed by atoms with Crippen molar-refractivity contribution in [3.8, 4) is 0 Å². The SMILES string of the molecule is CCC(C(=O)NC1CCCC1)N(Cc1ccc(Cl)cc1)C(=O)CN(c1ccc(Br)cc1)S(=O)(=O)c1ccc(C)cc1. The number of carbonyl (C=O) groups is 2. The van der Waals surface area contributed by atoms with Gasteiger partial charge in [-0.05, 0) is 80.3 Å².